The molecular formula is C13H13ClN2O. The van der Waals surface area contributed by atoms with Crippen LogP contribution in [0.15, 0.2) is 36.5 Å². The minimum absolute atomic E-state index is 0.350. The van der Waals surface area contributed by atoms with Gasteiger partial charge in [0.2, 0.25) is 0 Å². The fourth-order valence-corrected chi connectivity index (χ4v) is 1.59. The molecule has 1 aromatic heterocycles. The predicted molar refractivity (Wildman–Crippen MR) is 68.4 cm³/mol. The number of pyridine rings is 1. The normalized spacial score (nSPS) is 10.3. The van der Waals surface area contributed by atoms with E-state index in [0.29, 0.717) is 12.3 Å². The molecule has 2 aromatic rings. The largest absolute Gasteiger partial charge is 0.455 e. The molecule has 0 aliphatic carbocycles. The fourth-order valence-electron chi connectivity index (χ4n) is 1.48. The number of hydrogen-bond acceptors (Lipinski definition) is 3. The molecule has 17 heavy (non-hydrogen) atoms. The van der Waals surface area contributed by atoms with E-state index in [1.807, 2.05) is 37.3 Å². The van der Waals surface area contributed by atoms with E-state index in [2.05, 4.69) is 4.98 Å². The molecule has 88 valence electrons. The van der Waals surface area contributed by atoms with E-state index in [0.717, 1.165) is 22.0 Å². The molecule has 0 unspecified atom stereocenters. The maximum atomic E-state index is 5.95. The van der Waals surface area contributed by atoms with Gasteiger partial charge in [-0.2, -0.15) is 0 Å². The third-order valence-electron chi connectivity index (χ3n) is 2.40. The Morgan fingerprint density at radius 2 is 2.18 bits per heavy atom. The fraction of sp³-hybridized carbons (Fsp3) is 0.154. The van der Waals surface area contributed by atoms with Crippen molar-refractivity contribution in [3.05, 3.63) is 52.8 Å². The van der Waals surface area contributed by atoms with Gasteiger partial charge >= 0.3 is 0 Å². The Balaban J connectivity index is 2.28. The molecule has 1 heterocycles. The molecule has 2 N–H and O–H groups in total. The summed E-state index contributed by atoms with van der Waals surface area (Å²) in [6.45, 7) is 2.28. The monoisotopic (exact) mass is 248 g/mol. The molecule has 0 amide bonds. The number of nitrogens with two attached hydrogens (primary N) is 1. The Morgan fingerprint density at radius 3 is 2.88 bits per heavy atom. The molecule has 4 heteroatoms. The van der Waals surface area contributed by atoms with Crippen LogP contribution in [-0.2, 0) is 6.54 Å². The molecule has 0 bridgehead atoms. The summed E-state index contributed by atoms with van der Waals surface area (Å²) in [7, 11) is 0. The van der Waals surface area contributed by atoms with Crippen LogP contribution in [0.3, 0.4) is 0 Å². The topological polar surface area (TPSA) is 48.1 Å². The molecule has 3 nitrogen and oxygen atoms in total. The van der Waals surface area contributed by atoms with Crippen molar-refractivity contribution in [1.82, 2.24) is 4.98 Å². The molecule has 0 fully saturated rings. The number of aromatic nitrogens is 1. The average Bonchev–Trinajstić information content (AvgIpc) is 2.34. The summed E-state index contributed by atoms with van der Waals surface area (Å²) in [6.07, 6.45) is 1.70. The summed E-state index contributed by atoms with van der Waals surface area (Å²) >= 11 is 5.95. The van der Waals surface area contributed by atoms with Gasteiger partial charge in [0.05, 0.1) is 5.69 Å². The Labute approximate surface area is 105 Å². The number of ether oxygens (including phenoxy) is 1. The lowest BCUT2D eigenvalue weighted by Crippen LogP contribution is -2.01. The summed E-state index contributed by atoms with van der Waals surface area (Å²) in [5.41, 5.74) is 7.31. The van der Waals surface area contributed by atoms with Gasteiger partial charge in [-0.15, -0.1) is 0 Å². The van der Waals surface area contributed by atoms with E-state index < -0.39 is 0 Å². The molecule has 1 aromatic carbocycles. The maximum absolute atomic E-state index is 5.95. The van der Waals surface area contributed by atoms with E-state index in [-0.39, 0.29) is 0 Å². The number of benzene rings is 1. The second kappa shape index (κ2) is 5.17. The van der Waals surface area contributed by atoms with Crippen LogP contribution >= 0.6 is 11.6 Å². The first-order valence-corrected chi connectivity index (χ1v) is 5.66. The molecule has 0 saturated carbocycles. The lowest BCUT2D eigenvalue weighted by Gasteiger charge is -2.09. The summed E-state index contributed by atoms with van der Waals surface area (Å²) in [6, 6.07) is 9.18. The minimum atomic E-state index is 0.350. The minimum Gasteiger partial charge on any atom is -0.455 e. The molecule has 0 spiro atoms. The number of halogens is 1. The standard InChI is InChI=1S/C13H13ClN2O/c1-9-7-10(4-5-11(9)14)17-13-3-2-6-16-12(13)8-15/h2-7H,8,15H2,1H3. The highest BCUT2D eigenvalue weighted by Crippen LogP contribution is 2.27. The molecular weight excluding hydrogens is 236 g/mol. The second-order valence-electron chi connectivity index (χ2n) is 3.67. The van der Waals surface area contributed by atoms with Crippen LogP contribution in [0.4, 0.5) is 0 Å². The van der Waals surface area contributed by atoms with Crippen molar-refractivity contribution in [2.75, 3.05) is 0 Å². The molecule has 0 aliphatic heterocycles. The summed E-state index contributed by atoms with van der Waals surface area (Å²) in [4.78, 5) is 4.16. The van der Waals surface area contributed by atoms with Crippen molar-refractivity contribution in [3.63, 3.8) is 0 Å². The van der Waals surface area contributed by atoms with Gasteiger partial charge in [0, 0.05) is 17.8 Å². The number of hydrogen-bond donors (Lipinski definition) is 1. The highest BCUT2D eigenvalue weighted by molar-refractivity contribution is 6.31. The van der Waals surface area contributed by atoms with Crippen molar-refractivity contribution < 1.29 is 4.74 Å². The number of nitrogens with zero attached hydrogens (tertiary/aromatic N) is 1. The van der Waals surface area contributed by atoms with Crippen LogP contribution in [0.25, 0.3) is 0 Å². The third kappa shape index (κ3) is 2.75. The zero-order valence-electron chi connectivity index (χ0n) is 9.48. The zero-order chi connectivity index (χ0) is 12.3. The van der Waals surface area contributed by atoms with E-state index in [9.17, 15) is 0 Å². The molecule has 0 atom stereocenters. The first-order valence-electron chi connectivity index (χ1n) is 5.28. The van der Waals surface area contributed by atoms with Crippen molar-refractivity contribution in [2.24, 2.45) is 5.73 Å². The molecule has 0 saturated heterocycles. The van der Waals surface area contributed by atoms with Crippen LogP contribution in [0.1, 0.15) is 11.3 Å². The van der Waals surface area contributed by atoms with Crippen molar-refractivity contribution >= 4 is 11.6 Å². The van der Waals surface area contributed by atoms with Gasteiger partial charge < -0.3 is 10.5 Å². The van der Waals surface area contributed by atoms with Crippen molar-refractivity contribution in [1.29, 1.82) is 0 Å². The quantitative estimate of drug-likeness (QED) is 0.907. The highest BCUT2D eigenvalue weighted by atomic mass is 35.5. The number of aryl methyl sites for hydroxylation is 1. The van der Waals surface area contributed by atoms with Gasteiger partial charge in [0.25, 0.3) is 0 Å². The smallest absolute Gasteiger partial charge is 0.150 e. The van der Waals surface area contributed by atoms with E-state index in [1.54, 1.807) is 6.20 Å². The Morgan fingerprint density at radius 1 is 1.35 bits per heavy atom. The Bertz CT molecular complexity index is 529. The predicted octanol–water partition coefficient (Wildman–Crippen LogP) is 3.29. The molecule has 0 aliphatic rings. The maximum Gasteiger partial charge on any atom is 0.150 e. The van der Waals surface area contributed by atoms with Gasteiger partial charge in [-0.25, -0.2) is 0 Å². The van der Waals surface area contributed by atoms with Crippen LogP contribution in [0, 0.1) is 6.92 Å². The first-order chi connectivity index (χ1) is 8.20. The second-order valence-corrected chi connectivity index (χ2v) is 4.07. The van der Waals surface area contributed by atoms with Gasteiger partial charge in [0.15, 0.2) is 0 Å². The van der Waals surface area contributed by atoms with Gasteiger partial charge in [0.1, 0.15) is 11.5 Å². The van der Waals surface area contributed by atoms with Crippen LogP contribution < -0.4 is 10.5 Å². The van der Waals surface area contributed by atoms with E-state index in [1.165, 1.54) is 0 Å². The van der Waals surface area contributed by atoms with E-state index in [4.69, 9.17) is 22.1 Å². The summed E-state index contributed by atoms with van der Waals surface area (Å²) in [5.74, 6) is 1.41. The van der Waals surface area contributed by atoms with Crippen LogP contribution in [0.2, 0.25) is 5.02 Å². The van der Waals surface area contributed by atoms with Crippen molar-refractivity contribution in [3.8, 4) is 11.5 Å². The summed E-state index contributed by atoms with van der Waals surface area (Å²) < 4.78 is 5.74. The van der Waals surface area contributed by atoms with Gasteiger partial charge in [-0.1, -0.05) is 11.6 Å². The summed E-state index contributed by atoms with van der Waals surface area (Å²) in [5, 5.41) is 0.725. The highest BCUT2D eigenvalue weighted by Gasteiger charge is 2.05. The molecule has 2 rings (SSSR count). The van der Waals surface area contributed by atoms with E-state index >= 15 is 0 Å². The van der Waals surface area contributed by atoms with Gasteiger partial charge in [-0.3, -0.25) is 4.98 Å². The van der Waals surface area contributed by atoms with Gasteiger partial charge in [-0.05, 0) is 42.8 Å². The molecule has 0 radical (unpaired) electrons. The van der Waals surface area contributed by atoms with Crippen molar-refractivity contribution in [2.45, 2.75) is 13.5 Å². The zero-order valence-corrected chi connectivity index (χ0v) is 10.2. The Hall–Kier alpha value is -1.58. The Kier molecular flexibility index (Phi) is 3.61. The lowest BCUT2D eigenvalue weighted by molar-refractivity contribution is 0.472. The SMILES string of the molecule is Cc1cc(Oc2cccnc2CN)ccc1Cl. The van der Waals surface area contributed by atoms with Crippen LogP contribution in [-0.4, -0.2) is 4.98 Å². The first kappa shape index (κ1) is 11.9. The third-order valence-corrected chi connectivity index (χ3v) is 2.82. The average molecular weight is 249 g/mol. The van der Waals surface area contributed by atoms with Crippen LogP contribution in [0.5, 0.6) is 11.5 Å². The lowest BCUT2D eigenvalue weighted by atomic mass is 10.2. The number of rotatable bonds is 3.